The van der Waals surface area contributed by atoms with E-state index in [2.05, 4.69) is 0 Å². The van der Waals surface area contributed by atoms with Crippen LogP contribution in [0.4, 0.5) is 0 Å². The third kappa shape index (κ3) is 4.15. The number of halogens is 2. The molecule has 0 aliphatic rings. The normalized spacial score (nSPS) is 10.2. The zero-order chi connectivity index (χ0) is 17.0. The third-order valence-electron chi connectivity index (χ3n) is 3.00. The van der Waals surface area contributed by atoms with Crippen LogP contribution >= 0.6 is 23.2 Å². The summed E-state index contributed by atoms with van der Waals surface area (Å²) in [6, 6.07) is 8.47. The van der Waals surface area contributed by atoms with E-state index in [9.17, 15) is 14.7 Å². The number of phenolic OH excluding ortho intramolecular Hbond substituents is 1. The maximum atomic E-state index is 12.0. The van der Waals surface area contributed by atoms with Gasteiger partial charge in [0, 0.05) is 5.56 Å². The monoisotopic (exact) mass is 354 g/mol. The molecule has 1 N–H and O–H groups in total. The number of carbonyl (C=O) groups is 2. The number of hydrogen-bond donors (Lipinski definition) is 1. The summed E-state index contributed by atoms with van der Waals surface area (Å²) < 4.78 is 9.88. The van der Waals surface area contributed by atoms with Crippen molar-refractivity contribution >= 4 is 35.0 Å². The third-order valence-corrected chi connectivity index (χ3v) is 3.74. The molecule has 0 unspecified atom stereocenters. The molecular formula is C16H12Cl2O5. The van der Waals surface area contributed by atoms with Crippen LogP contribution < -0.4 is 4.74 Å². The molecule has 0 saturated carbocycles. The minimum absolute atomic E-state index is 0.0914. The maximum Gasteiger partial charge on any atom is 0.342 e. The van der Waals surface area contributed by atoms with E-state index >= 15 is 0 Å². The molecule has 0 fully saturated rings. The average molecular weight is 355 g/mol. The van der Waals surface area contributed by atoms with Gasteiger partial charge >= 0.3 is 5.97 Å². The van der Waals surface area contributed by atoms with Gasteiger partial charge in [0.1, 0.15) is 17.1 Å². The Morgan fingerprint density at radius 3 is 2.48 bits per heavy atom. The largest absolute Gasteiger partial charge is 0.507 e. The first-order valence-electron chi connectivity index (χ1n) is 6.44. The van der Waals surface area contributed by atoms with Gasteiger partial charge in [-0.05, 0) is 36.4 Å². The summed E-state index contributed by atoms with van der Waals surface area (Å²) in [5.41, 5.74) is 0.174. The van der Waals surface area contributed by atoms with Crippen LogP contribution in [-0.2, 0) is 4.74 Å². The van der Waals surface area contributed by atoms with E-state index in [0.717, 1.165) is 0 Å². The maximum absolute atomic E-state index is 12.0. The van der Waals surface area contributed by atoms with Gasteiger partial charge in [0.25, 0.3) is 0 Å². The Kier molecular flexibility index (Phi) is 5.47. The van der Waals surface area contributed by atoms with Gasteiger partial charge in [-0.15, -0.1) is 0 Å². The number of rotatable bonds is 5. The molecule has 0 aliphatic heterocycles. The van der Waals surface area contributed by atoms with Crippen molar-refractivity contribution in [2.45, 2.75) is 0 Å². The average Bonchev–Trinajstić information content (AvgIpc) is 2.55. The van der Waals surface area contributed by atoms with Crippen molar-refractivity contribution in [3.63, 3.8) is 0 Å². The van der Waals surface area contributed by atoms with E-state index in [1.807, 2.05) is 0 Å². The van der Waals surface area contributed by atoms with Gasteiger partial charge in [-0.25, -0.2) is 4.79 Å². The van der Waals surface area contributed by atoms with E-state index < -0.39 is 18.4 Å². The summed E-state index contributed by atoms with van der Waals surface area (Å²) in [6.45, 7) is -0.493. The van der Waals surface area contributed by atoms with Crippen molar-refractivity contribution in [2.24, 2.45) is 0 Å². The lowest BCUT2D eigenvalue weighted by molar-refractivity contribution is 0.0471. The van der Waals surface area contributed by atoms with Crippen LogP contribution in [0.25, 0.3) is 0 Å². The molecular weight excluding hydrogens is 343 g/mol. The van der Waals surface area contributed by atoms with E-state index in [-0.39, 0.29) is 21.9 Å². The van der Waals surface area contributed by atoms with Crippen molar-refractivity contribution in [2.75, 3.05) is 13.7 Å². The van der Waals surface area contributed by atoms with Gasteiger partial charge in [-0.3, -0.25) is 4.79 Å². The summed E-state index contributed by atoms with van der Waals surface area (Å²) >= 11 is 11.6. The van der Waals surface area contributed by atoms with Crippen LogP contribution in [0, 0.1) is 0 Å². The molecule has 2 rings (SSSR count). The topological polar surface area (TPSA) is 72.8 Å². The fourth-order valence-corrected chi connectivity index (χ4v) is 2.07. The molecule has 2 aromatic carbocycles. The van der Waals surface area contributed by atoms with Gasteiger partial charge in [0.2, 0.25) is 0 Å². The number of methoxy groups -OCH3 is 1. The van der Waals surface area contributed by atoms with E-state index in [1.54, 1.807) is 0 Å². The first-order valence-corrected chi connectivity index (χ1v) is 7.20. The molecule has 0 heterocycles. The fourth-order valence-electron chi connectivity index (χ4n) is 1.77. The standard InChI is InChI=1S/C16H12Cl2O5/c1-22-10-3-5-14(19)11(7-10)16(21)23-8-15(20)9-2-4-12(17)13(18)6-9/h2-7,19H,8H2,1H3. The quantitative estimate of drug-likeness (QED) is 0.653. The number of benzene rings is 2. The van der Waals surface area contributed by atoms with Crippen molar-refractivity contribution in [3.05, 3.63) is 57.6 Å². The predicted molar refractivity (Wildman–Crippen MR) is 85.7 cm³/mol. The molecule has 0 aliphatic carbocycles. The smallest absolute Gasteiger partial charge is 0.342 e. The minimum Gasteiger partial charge on any atom is -0.507 e. The number of carbonyl (C=O) groups excluding carboxylic acids is 2. The second-order valence-corrected chi connectivity index (χ2v) is 5.33. The molecule has 23 heavy (non-hydrogen) atoms. The molecule has 0 amide bonds. The summed E-state index contributed by atoms with van der Waals surface area (Å²) in [5, 5.41) is 10.2. The zero-order valence-electron chi connectivity index (χ0n) is 12.0. The van der Waals surface area contributed by atoms with Crippen LogP contribution in [-0.4, -0.2) is 30.6 Å². The van der Waals surface area contributed by atoms with Crippen LogP contribution in [0.5, 0.6) is 11.5 Å². The minimum atomic E-state index is -0.838. The summed E-state index contributed by atoms with van der Waals surface area (Å²) in [7, 11) is 1.43. The van der Waals surface area contributed by atoms with Crippen LogP contribution in [0.3, 0.4) is 0 Å². The molecule has 0 bridgehead atoms. The second-order valence-electron chi connectivity index (χ2n) is 4.51. The highest BCUT2D eigenvalue weighted by Gasteiger charge is 2.16. The predicted octanol–water partition coefficient (Wildman–Crippen LogP) is 3.75. The number of ether oxygens (including phenoxy) is 2. The molecule has 7 heteroatoms. The van der Waals surface area contributed by atoms with Crippen LogP contribution in [0.15, 0.2) is 36.4 Å². The van der Waals surface area contributed by atoms with Crippen molar-refractivity contribution in [1.82, 2.24) is 0 Å². The lowest BCUT2D eigenvalue weighted by Gasteiger charge is -2.08. The molecule has 0 atom stereocenters. The highest BCUT2D eigenvalue weighted by atomic mass is 35.5. The SMILES string of the molecule is COc1ccc(O)c(C(=O)OCC(=O)c2ccc(Cl)c(Cl)c2)c1. The Labute approximate surface area is 142 Å². The van der Waals surface area contributed by atoms with E-state index in [1.165, 1.54) is 43.5 Å². The number of esters is 1. The Hall–Kier alpha value is -2.24. The summed E-state index contributed by atoms with van der Waals surface area (Å²) in [5.74, 6) is -1.17. The Bertz CT molecular complexity index is 758. The fraction of sp³-hybridized carbons (Fsp3) is 0.125. The second kappa shape index (κ2) is 7.35. The Morgan fingerprint density at radius 2 is 1.83 bits per heavy atom. The molecule has 5 nitrogen and oxygen atoms in total. The molecule has 0 aromatic heterocycles. The molecule has 0 saturated heterocycles. The molecule has 120 valence electrons. The number of phenols is 1. The van der Waals surface area contributed by atoms with Gasteiger partial charge in [-0.2, -0.15) is 0 Å². The van der Waals surface area contributed by atoms with E-state index in [4.69, 9.17) is 32.7 Å². The van der Waals surface area contributed by atoms with Gasteiger partial charge < -0.3 is 14.6 Å². The Balaban J connectivity index is 2.06. The number of Topliss-reactive ketones (excluding diaryl/α,β-unsaturated/α-hetero) is 1. The number of ketones is 1. The lowest BCUT2D eigenvalue weighted by atomic mass is 10.1. The highest BCUT2D eigenvalue weighted by molar-refractivity contribution is 6.42. The van der Waals surface area contributed by atoms with Gasteiger partial charge in [-0.1, -0.05) is 23.2 Å². The van der Waals surface area contributed by atoms with Crippen molar-refractivity contribution in [1.29, 1.82) is 0 Å². The summed E-state index contributed by atoms with van der Waals surface area (Å²) in [4.78, 5) is 23.9. The van der Waals surface area contributed by atoms with Gasteiger partial charge in [0.05, 0.1) is 17.2 Å². The molecule has 2 aromatic rings. The van der Waals surface area contributed by atoms with Crippen LogP contribution in [0.2, 0.25) is 10.0 Å². The lowest BCUT2D eigenvalue weighted by Crippen LogP contribution is -2.14. The first kappa shape index (κ1) is 17.1. The highest BCUT2D eigenvalue weighted by Crippen LogP contribution is 2.24. The van der Waals surface area contributed by atoms with Crippen molar-refractivity contribution in [3.8, 4) is 11.5 Å². The molecule has 0 radical (unpaired) electrons. The van der Waals surface area contributed by atoms with Gasteiger partial charge in [0.15, 0.2) is 12.4 Å². The van der Waals surface area contributed by atoms with E-state index in [0.29, 0.717) is 10.8 Å². The Morgan fingerprint density at radius 1 is 1.09 bits per heavy atom. The number of hydrogen-bond acceptors (Lipinski definition) is 5. The number of aromatic hydroxyl groups is 1. The summed E-state index contributed by atoms with van der Waals surface area (Å²) in [6.07, 6.45) is 0. The zero-order valence-corrected chi connectivity index (χ0v) is 13.5. The van der Waals surface area contributed by atoms with Crippen LogP contribution in [0.1, 0.15) is 20.7 Å². The first-order chi connectivity index (χ1) is 10.9. The molecule has 0 spiro atoms. The van der Waals surface area contributed by atoms with Crippen molar-refractivity contribution < 1.29 is 24.2 Å².